The number of hydrogen-bond acceptors (Lipinski definition) is 5. The number of aromatic nitrogens is 1. The quantitative estimate of drug-likeness (QED) is 0.836. The molecular formula is C14H21N3O2. The first-order valence-corrected chi connectivity index (χ1v) is 6.64. The molecule has 1 aliphatic rings. The van der Waals surface area contributed by atoms with Crippen LogP contribution in [-0.2, 0) is 4.74 Å². The normalized spacial score (nSPS) is 18.2. The molecule has 0 aliphatic carbocycles. The van der Waals surface area contributed by atoms with Gasteiger partial charge in [0.1, 0.15) is 0 Å². The Morgan fingerprint density at radius 1 is 1.58 bits per heavy atom. The van der Waals surface area contributed by atoms with E-state index in [2.05, 4.69) is 29.0 Å². The number of rotatable bonds is 3. The number of nitrogens with zero attached hydrogens (tertiary/aromatic N) is 2. The standard InChI is InChI=1S/C14H21N3O2/c1-4-19-13(18)11-5-6-15-9-12(11)17-8-7-16-14(2,3)10-17/h5-6,9,16H,4,7-8,10H2,1-3H3. The highest BCUT2D eigenvalue weighted by Gasteiger charge is 2.28. The van der Waals surface area contributed by atoms with Crippen molar-refractivity contribution in [2.24, 2.45) is 0 Å². The van der Waals surface area contributed by atoms with Crippen molar-refractivity contribution >= 4 is 11.7 Å². The molecule has 19 heavy (non-hydrogen) atoms. The maximum absolute atomic E-state index is 12.0. The minimum absolute atomic E-state index is 0.0278. The van der Waals surface area contributed by atoms with E-state index in [4.69, 9.17) is 4.74 Å². The molecule has 1 aromatic heterocycles. The SMILES string of the molecule is CCOC(=O)c1ccncc1N1CCNC(C)(C)C1. The molecule has 0 aromatic carbocycles. The monoisotopic (exact) mass is 263 g/mol. The van der Waals surface area contributed by atoms with Crippen molar-refractivity contribution in [3.05, 3.63) is 24.0 Å². The maximum atomic E-state index is 12.0. The van der Waals surface area contributed by atoms with Crippen LogP contribution in [-0.4, -0.2) is 42.7 Å². The zero-order valence-corrected chi connectivity index (χ0v) is 11.8. The summed E-state index contributed by atoms with van der Waals surface area (Å²) in [5.41, 5.74) is 1.48. The minimum Gasteiger partial charge on any atom is -0.462 e. The molecule has 5 nitrogen and oxygen atoms in total. The van der Waals surface area contributed by atoms with Crippen LogP contribution >= 0.6 is 0 Å². The summed E-state index contributed by atoms with van der Waals surface area (Å²) < 4.78 is 5.10. The number of nitrogens with one attached hydrogen (secondary N) is 1. The Morgan fingerprint density at radius 3 is 3.05 bits per heavy atom. The summed E-state index contributed by atoms with van der Waals surface area (Å²) in [6, 6.07) is 1.72. The van der Waals surface area contributed by atoms with Crippen LogP contribution in [0, 0.1) is 0 Å². The third kappa shape index (κ3) is 3.23. The van der Waals surface area contributed by atoms with Crippen molar-refractivity contribution in [2.45, 2.75) is 26.3 Å². The van der Waals surface area contributed by atoms with Crippen LogP contribution in [0.15, 0.2) is 18.5 Å². The molecule has 0 spiro atoms. The van der Waals surface area contributed by atoms with Gasteiger partial charge >= 0.3 is 5.97 Å². The van der Waals surface area contributed by atoms with Crippen molar-refractivity contribution in [2.75, 3.05) is 31.1 Å². The van der Waals surface area contributed by atoms with Crippen LogP contribution in [0.2, 0.25) is 0 Å². The number of esters is 1. The van der Waals surface area contributed by atoms with Gasteiger partial charge in [-0.2, -0.15) is 0 Å². The number of pyridine rings is 1. The summed E-state index contributed by atoms with van der Waals surface area (Å²) >= 11 is 0. The van der Waals surface area contributed by atoms with Crippen LogP contribution in [0.1, 0.15) is 31.1 Å². The van der Waals surface area contributed by atoms with Gasteiger partial charge in [0.2, 0.25) is 0 Å². The molecule has 104 valence electrons. The first kappa shape index (κ1) is 13.8. The third-order valence-corrected chi connectivity index (χ3v) is 3.21. The Bertz CT molecular complexity index is 460. The van der Waals surface area contributed by atoms with Crippen LogP contribution in [0.5, 0.6) is 0 Å². The van der Waals surface area contributed by atoms with Gasteiger partial charge < -0.3 is 15.0 Å². The van der Waals surface area contributed by atoms with Gasteiger partial charge in [-0.1, -0.05) is 0 Å². The number of carbonyl (C=O) groups excluding carboxylic acids is 1. The summed E-state index contributed by atoms with van der Waals surface area (Å²) in [5.74, 6) is -0.281. The van der Waals surface area contributed by atoms with Gasteiger partial charge in [0.15, 0.2) is 0 Å². The van der Waals surface area contributed by atoms with Crippen LogP contribution in [0.25, 0.3) is 0 Å². The Morgan fingerprint density at radius 2 is 2.37 bits per heavy atom. The van der Waals surface area contributed by atoms with E-state index in [1.807, 2.05) is 6.92 Å². The van der Waals surface area contributed by atoms with Crippen LogP contribution in [0.4, 0.5) is 5.69 Å². The van der Waals surface area contributed by atoms with E-state index >= 15 is 0 Å². The molecule has 2 rings (SSSR count). The molecule has 0 saturated carbocycles. The summed E-state index contributed by atoms with van der Waals surface area (Å²) in [4.78, 5) is 18.3. The lowest BCUT2D eigenvalue weighted by Crippen LogP contribution is -2.57. The van der Waals surface area contributed by atoms with Crippen molar-refractivity contribution in [1.29, 1.82) is 0 Å². The van der Waals surface area contributed by atoms with Gasteiger partial charge in [-0.3, -0.25) is 4.98 Å². The molecule has 0 radical (unpaired) electrons. The molecule has 0 atom stereocenters. The molecule has 0 amide bonds. The summed E-state index contributed by atoms with van der Waals surface area (Å²) in [5, 5.41) is 3.45. The molecular weight excluding hydrogens is 242 g/mol. The van der Waals surface area contributed by atoms with Gasteiger partial charge in [-0.25, -0.2) is 4.79 Å². The van der Waals surface area contributed by atoms with E-state index in [9.17, 15) is 4.79 Å². The first-order chi connectivity index (χ1) is 9.03. The maximum Gasteiger partial charge on any atom is 0.340 e. The Hall–Kier alpha value is -1.62. The minimum atomic E-state index is -0.281. The first-order valence-electron chi connectivity index (χ1n) is 6.64. The summed E-state index contributed by atoms with van der Waals surface area (Å²) in [6.07, 6.45) is 3.37. The van der Waals surface area contributed by atoms with Crippen molar-refractivity contribution in [1.82, 2.24) is 10.3 Å². The van der Waals surface area contributed by atoms with E-state index < -0.39 is 0 Å². The molecule has 0 unspecified atom stereocenters. The van der Waals surface area contributed by atoms with Crippen molar-refractivity contribution < 1.29 is 9.53 Å². The molecule has 1 N–H and O–H groups in total. The Labute approximate surface area is 114 Å². The molecule has 1 saturated heterocycles. The van der Waals surface area contributed by atoms with Gasteiger partial charge in [0.25, 0.3) is 0 Å². The topological polar surface area (TPSA) is 54.5 Å². The lowest BCUT2D eigenvalue weighted by Gasteiger charge is -2.40. The molecule has 1 fully saturated rings. The number of carbonyl (C=O) groups is 1. The fourth-order valence-electron chi connectivity index (χ4n) is 2.37. The lowest BCUT2D eigenvalue weighted by atomic mass is 10.0. The highest BCUT2D eigenvalue weighted by atomic mass is 16.5. The third-order valence-electron chi connectivity index (χ3n) is 3.21. The second-order valence-electron chi connectivity index (χ2n) is 5.35. The highest BCUT2D eigenvalue weighted by molar-refractivity contribution is 5.95. The van der Waals surface area contributed by atoms with E-state index in [-0.39, 0.29) is 11.5 Å². The summed E-state index contributed by atoms with van der Waals surface area (Å²) in [7, 11) is 0. The molecule has 1 aromatic rings. The fraction of sp³-hybridized carbons (Fsp3) is 0.571. The molecule has 0 bridgehead atoms. The van der Waals surface area contributed by atoms with E-state index in [0.29, 0.717) is 12.2 Å². The van der Waals surface area contributed by atoms with Crippen LogP contribution < -0.4 is 10.2 Å². The Balaban J connectivity index is 2.26. The second kappa shape index (κ2) is 5.57. The van der Waals surface area contributed by atoms with Crippen molar-refractivity contribution in [3.8, 4) is 0 Å². The summed E-state index contributed by atoms with van der Waals surface area (Å²) in [6.45, 7) is 9.09. The van der Waals surface area contributed by atoms with Crippen molar-refractivity contribution in [3.63, 3.8) is 0 Å². The highest BCUT2D eigenvalue weighted by Crippen LogP contribution is 2.23. The number of hydrogen-bond donors (Lipinski definition) is 1. The zero-order valence-electron chi connectivity index (χ0n) is 11.8. The van der Waals surface area contributed by atoms with Gasteiger partial charge in [-0.15, -0.1) is 0 Å². The predicted molar refractivity (Wildman–Crippen MR) is 74.5 cm³/mol. The van der Waals surface area contributed by atoms with Gasteiger partial charge in [0, 0.05) is 31.4 Å². The predicted octanol–water partition coefficient (Wildman–Crippen LogP) is 1.45. The number of piperazine rings is 1. The number of ether oxygens (including phenoxy) is 1. The van der Waals surface area contributed by atoms with E-state index in [1.54, 1.807) is 18.5 Å². The van der Waals surface area contributed by atoms with Gasteiger partial charge in [-0.05, 0) is 26.8 Å². The fourth-order valence-corrected chi connectivity index (χ4v) is 2.37. The van der Waals surface area contributed by atoms with Gasteiger partial charge in [0.05, 0.1) is 24.1 Å². The Kier molecular flexibility index (Phi) is 4.04. The van der Waals surface area contributed by atoms with Crippen LogP contribution in [0.3, 0.4) is 0 Å². The molecule has 2 heterocycles. The number of anilines is 1. The average molecular weight is 263 g/mol. The zero-order chi connectivity index (χ0) is 13.9. The van der Waals surface area contributed by atoms with E-state index in [1.165, 1.54) is 0 Å². The smallest absolute Gasteiger partial charge is 0.340 e. The molecule has 5 heteroatoms. The lowest BCUT2D eigenvalue weighted by molar-refractivity contribution is 0.0526. The van der Waals surface area contributed by atoms with E-state index in [0.717, 1.165) is 25.3 Å². The second-order valence-corrected chi connectivity index (χ2v) is 5.35. The molecule has 1 aliphatic heterocycles. The average Bonchev–Trinajstić information content (AvgIpc) is 2.38. The largest absolute Gasteiger partial charge is 0.462 e.